The van der Waals surface area contributed by atoms with E-state index in [9.17, 15) is 5.26 Å². The lowest BCUT2D eigenvalue weighted by molar-refractivity contribution is 0.00124. The topological polar surface area (TPSA) is 51.5 Å². The standard InChI is InChI=1S/C15H31NO3SSi/c1-8-9-10-15(20-11-16)21(17-12(2)3,18-13(4)5)19-14(6)7/h12-15H,8-10H2,1-7H3. The third-order valence-corrected chi connectivity index (χ3v) is 7.93. The summed E-state index contributed by atoms with van der Waals surface area (Å²) < 4.78 is 18.6. The molecule has 21 heavy (non-hydrogen) atoms. The highest BCUT2D eigenvalue weighted by molar-refractivity contribution is 8.05. The first-order valence-electron chi connectivity index (χ1n) is 7.85. The van der Waals surface area contributed by atoms with E-state index in [1.807, 2.05) is 41.5 Å². The van der Waals surface area contributed by atoms with Gasteiger partial charge in [-0.05, 0) is 59.7 Å². The van der Waals surface area contributed by atoms with Crippen LogP contribution in [-0.2, 0) is 13.3 Å². The summed E-state index contributed by atoms with van der Waals surface area (Å²) in [5.74, 6) is 0. The van der Waals surface area contributed by atoms with E-state index in [4.69, 9.17) is 13.3 Å². The van der Waals surface area contributed by atoms with Crippen molar-refractivity contribution in [3.63, 3.8) is 0 Å². The third-order valence-electron chi connectivity index (χ3n) is 2.61. The maximum Gasteiger partial charge on any atom is 0.516 e. The quantitative estimate of drug-likeness (QED) is 0.411. The molecule has 0 amide bonds. The van der Waals surface area contributed by atoms with Gasteiger partial charge in [0, 0.05) is 18.3 Å². The molecule has 1 unspecified atom stereocenters. The number of hydrogen-bond donors (Lipinski definition) is 0. The van der Waals surface area contributed by atoms with Gasteiger partial charge in [0.25, 0.3) is 0 Å². The molecular weight excluding hydrogens is 302 g/mol. The largest absolute Gasteiger partial charge is 0.516 e. The van der Waals surface area contributed by atoms with Crippen molar-refractivity contribution in [3.8, 4) is 5.40 Å². The van der Waals surface area contributed by atoms with Gasteiger partial charge in [-0.2, -0.15) is 5.26 Å². The lowest BCUT2D eigenvalue weighted by Gasteiger charge is -2.38. The van der Waals surface area contributed by atoms with Crippen molar-refractivity contribution in [2.75, 3.05) is 0 Å². The van der Waals surface area contributed by atoms with E-state index >= 15 is 0 Å². The molecule has 0 heterocycles. The van der Waals surface area contributed by atoms with E-state index in [2.05, 4.69) is 12.3 Å². The van der Waals surface area contributed by atoms with Gasteiger partial charge in [0.1, 0.15) is 5.40 Å². The minimum atomic E-state index is -2.93. The molecule has 0 aliphatic carbocycles. The highest BCUT2D eigenvalue weighted by Gasteiger charge is 2.52. The van der Waals surface area contributed by atoms with Gasteiger partial charge in [-0.15, -0.1) is 0 Å². The zero-order valence-electron chi connectivity index (χ0n) is 14.5. The highest BCUT2D eigenvalue weighted by Crippen LogP contribution is 2.32. The summed E-state index contributed by atoms with van der Waals surface area (Å²) in [5.41, 5.74) is 0. The smallest absolute Gasteiger partial charge is 0.370 e. The van der Waals surface area contributed by atoms with Gasteiger partial charge in [-0.1, -0.05) is 19.8 Å². The molecule has 6 heteroatoms. The van der Waals surface area contributed by atoms with Crippen LogP contribution in [0.3, 0.4) is 0 Å². The summed E-state index contributed by atoms with van der Waals surface area (Å²) in [4.78, 5) is -0.0327. The van der Waals surface area contributed by atoms with Gasteiger partial charge in [0.15, 0.2) is 0 Å². The molecule has 0 aromatic carbocycles. The van der Waals surface area contributed by atoms with E-state index in [0.29, 0.717) is 0 Å². The molecule has 4 nitrogen and oxygen atoms in total. The predicted molar refractivity (Wildman–Crippen MR) is 90.9 cm³/mol. The van der Waals surface area contributed by atoms with Crippen LogP contribution in [0.5, 0.6) is 0 Å². The van der Waals surface area contributed by atoms with Gasteiger partial charge >= 0.3 is 8.80 Å². The summed E-state index contributed by atoms with van der Waals surface area (Å²) in [6.07, 6.45) is 3.04. The highest BCUT2D eigenvalue weighted by atomic mass is 32.2. The van der Waals surface area contributed by atoms with Gasteiger partial charge in [-0.3, -0.25) is 0 Å². The Kier molecular flexibility index (Phi) is 10.6. The first-order valence-corrected chi connectivity index (χ1v) is 10.5. The van der Waals surface area contributed by atoms with Crippen LogP contribution in [0.15, 0.2) is 0 Å². The summed E-state index contributed by atoms with van der Waals surface area (Å²) >= 11 is 1.24. The fraction of sp³-hybridized carbons (Fsp3) is 0.933. The van der Waals surface area contributed by atoms with Crippen molar-refractivity contribution in [2.45, 2.75) is 90.9 Å². The predicted octanol–water partition coefficient (Wildman–Crippen LogP) is 4.51. The maximum absolute atomic E-state index is 9.17. The van der Waals surface area contributed by atoms with Crippen LogP contribution in [0.25, 0.3) is 0 Å². The van der Waals surface area contributed by atoms with Crippen molar-refractivity contribution in [3.05, 3.63) is 0 Å². The molecule has 0 saturated heterocycles. The zero-order valence-corrected chi connectivity index (χ0v) is 16.3. The van der Waals surface area contributed by atoms with Crippen LogP contribution in [0.4, 0.5) is 0 Å². The third kappa shape index (κ3) is 8.22. The summed E-state index contributed by atoms with van der Waals surface area (Å²) in [5, 5.41) is 11.4. The Balaban J connectivity index is 5.46. The van der Waals surface area contributed by atoms with Crippen molar-refractivity contribution >= 4 is 20.6 Å². The molecule has 0 bridgehead atoms. The molecule has 0 aliphatic rings. The van der Waals surface area contributed by atoms with E-state index in [-0.39, 0.29) is 23.2 Å². The fourth-order valence-corrected chi connectivity index (χ4v) is 6.86. The number of nitrogens with zero attached hydrogens (tertiary/aromatic N) is 1. The fourth-order valence-electron chi connectivity index (χ4n) is 2.06. The molecule has 0 saturated carbocycles. The molecule has 0 rings (SSSR count). The van der Waals surface area contributed by atoms with Crippen molar-refractivity contribution in [1.82, 2.24) is 0 Å². The van der Waals surface area contributed by atoms with Crippen LogP contribution >= 0.6 is 11.8 Å². The average Bonchev–Trinajstić information content (AvgIpc) is 2.31. The SMILES string of the molecule is CCCCC(SC#N)[Si](OC(C)C)(OC(C)C)OC(C)C. The van der Waals surface area contributed by atoms with Crippen LogP contribution in [0.1, 0.15) is 67.7 Å². The number of hydrogen-bond acceptors (Lipinski definition) is 5. The number of rotatable bonds is 11. The number of thioether (sulfide) groups is 1. The number of nitriles is 1. The molecule has 1 atom stereocenters. The Morgan fingerprint density at radius 2 is 1.38 bits per heavy atom. The summed E-state index contributed by atoms with van der Waals surface area (Å²) in [6, 6.07) is 0. The maximum atomic E-state index is 9.17. The Hall–Kier alpha value is -0.0631. The second-order valence-corrected chi connectivity index (χ2v) is 9.96. The molecule has 124 valence electrons. The normalized spacial score (nSPS) is 14.0. The second kappa shape index (κ2) is 10.6. The van der Waals surface area contributed by atoms with Crippen molar-refractivity contribution in [1.29, 1.82) is 5.26 Å². The van der Waals surface area contributed by atoms with Crippen LogP contribution in [-0.4, -0.2) is 32.0 Å². The van der Waals surface area contributed by atoms with E-state index in [0.717, 1.165) is 19.3 Å². The second-order valence-electron chi connectivity index (χ2n) is 5.94. The van der Waals surface area contributed by atoms with Gasteiger partial charge < -0.3 is 13.3 Å². The Labute approximate surface area is 135 Å². The van der Waals surface area contributed by atoms with Crippen molar-refractivity contribution in [2.24, 2.45) is 0 Å². The lowest BCUT2D eigenvalue weighted by Crippen LogP contribution is -2.58. The van der Waals surface area contributed by atoms with Gasteiger partial charge in [0.2, 0.25) is 0 Å². The van der Waals surface area contributed by atoms with Crippen molar-refractivity contribution < 1.29 is 13.3 Å². The average molecular weight is 334 g/mol. The van der Waals surface area contributed by atoms with Gasteiger partial charge in [0.05, 0.1) is 4.87 Å². The Morgan fingerprint density at radius 3 is 1.67 bits per heavy atom. The molecule has 0 aliphatic heterocycles. The van der Waals surface area contributed by atoms with Gasteiger partial charge in [-0.25, -0.2) is 0 Å². The molecule has 0 aromatic heterocycles. The summed E-state index contributed by atoms with van der Waals surface area (Å²) in [7, 11) is -2.93. The monoisotopic (exact) mass is 333 g/mol. The van der Waals surface area contributed by atoms with E-state index in [1.54, 1.807) is 0 Å². The van der Waals surface area contributed by atoms with Crippen LogP contribution < -0.4 is 0 Å². The number of thiocyanates is 1. The molecular formula is C15H31NO3SSi. The zero-order chi connectivity index (χ0) is 16.5. The van der Waals surface area contributed by atoms with Crippen LogP contribution in [0, 0.1) is 10.7 Å². The van der Waals surface area contributed by atoms with E-state index < -0.39 is 8.80 Å². The minimum Gasteiger partial charge on any atom is -0.370 e. The molecule has 0 aromatic rings. The minimum absolute atomic E-state index is 0.0117. The van der Waals surface area contributed by atoms with E-state index in [1.165, 1.54) is 11.8 Å². The first kappa shape index (κ1) is 20.9. The number of unbranched alkanes of at least 4 members (excludes halogenated alkanes) is 1. The molecule has 0 spiro atoms. The Bertz CT molecular complexity index is 292. The Morgan fingerprint density at radius 1 is 0.952 bits per heavy atom. The van der Waals surface area contributed by atoms with Crippen LogP contribution in [0.2, 0.25) is 0 Å². The summed E-state index contributed by atoms with van der Waals surface area (Å²) in [6.45, 7) is 14.1. The molecule has 0 radical (unpaired) electrons. The first-order chi connectivity index (χ1) is 9.77. The molecule has 0 N–H and O–H groups in total. The molecule has 0 fully saturated rings. The lowest BCUT2D eigenvalue weighted by atomic mass is 10.3.